The summed E-state index contributed by atoms with van der Waals surface area (Å²) in [4.78, 5) is 22.1. The minimum atomic E-state index is -0.776. The van der Waals surface area contributed by atoms with Gasteiger partial charge in [0.05, 0.1) is 24.3 Å². The van der Waals surface area contributed by atoms with Crippen molar-refractivity contribution in [3.05, 3.63) is 54.1 Å². The van der Waals surface area contributed by atoms with Gasteiger partial charge in [0, 0.05) is 25.7 Å². The van der Waals surface area contributed by atoms with Crippen molar-refractivity contribution in [3.8, 4) is 0 Å². The number of carboxylic acid groups (broad SMARTS) is 1. The molecule has 5 aliphatic heterocycles. The molecular formula is C32H43N3O6. The van der Waals surface area contributed by atoms with Gasteiger partial charge in [-0.2, -0.15) is 0 Å². The van der Waals surface area contributed by atoms with Gasteiger partial charge in [-0.25, -0.2) is 10.6 Å². The quantitative estimate of drug-likeness (QED) is 0.243. The predicted molar refractivity (Wildman–Crippen MR) is 152 cm³/mol. The number of ether oxygens (including phenoxy) is 3. The van der Waals surface area contributed by atoms with Crippen LogP contribution in [0.5, 0.6) is 0 Å². The molecule has 2 saturated heterocycles. The van der Waals surface area contributed by atoms with Crippen LogP contribution < -0.4 is 15.7 Å². The topological polar surface area (TPSA) is 112 Å². The Morgan fingerprint density at radius 3 is 2.73 bits per heavy atom. The van der Waals surface area contributed by atoms with Crippen molar-refractivity contribution in [1.82, 2.24) is 10.6 Å². The van der Waals surface area contributed by atoms with E-state index in [1.807, 2.05) is 42.5 Å². The van der Waals surface area contributed by atoms with Crippen LogP contribution in [0.1, 0.15) is 77.2 Å². The number of hydrogen-bond acceptors (Lipinski definition) is 8. The zero-order valence-electron chi connectivity index (χ0n) is 24.1. The van der Waals surface area contributed by atoms with Crippen LogP contribution in [0, 0.1) is 5.92 Å². The molecule has 222 valence electrons. The van der Waals surface area contributed by atoms with Crippen LogP contribution in [0.15, 0.2) is 48.6 Å². The van der Waals surface area contributed by atoms with E-state index in [9.17, 15) is 4.79 Å². The number of nitrogens with zero attached hydrogens (tertiary/aromatic N) is 1. The zero-order chi connectivity index (χ0) is 28.9. The summed E-state index contributed by atoms with van der Waals surface area (Å²) in [6.45, 7) is 4.05. The molecule has 2 N–H and O–H groups in total. The highest BCUT2D eigenvalue weighted by Gasteiger charge is 2.64. The summed E-state index contributed by atoms with van der Waals surface area (Å²) in [5.41, 5.74) is -0.0853. The number of hydrogen-bond donors (Lipinski definition) is 2. The van der Waals surface area contributed by atoms with Crippen LogP contribution in [-0.2, 0) is 23.8 Å². The predicted octanol–water partition coefficient (Wildman–Crippen LogP) is 2.85. The minimum absolute atomic E-state index is 0.0443. The smallest absolute Gasteiger partial charge is 0.350 e. The largest absolute Gasteiger partial charge is 0.554 e. The first-order chi connectivity index (χ1) is 19.9. The highest BCUT2D eigenvalue weighted by molar-refractivity contribution is 5.82. The number of carbonyl (C=O) groups is 2. The Morgan fingerprint density at radius 2 is 1.98 bits per heavy atom. The van der Waals surface area contributed by atoms with Crippen molar-refractivity contribution in [1.29, 1.82) is 0 Å². The first-order valence-corrected chi connectivity index (χ1v) is 15.1. The van der Waals surface area contributed by atoms with Crippen LogP contribution >= 0.6 is 0 Å². The maximum atomic E-state index is 13.8. The van der Waals surface area contributed by atoms with Gasteiger partial charge in [0.15, 0.2) is 11.6 Å². The van der Waals surface area contributed by atoms with Crippen LogP contribution in [0.3, 0.4) is 0 Å². The van der Waals surface area contributed by atoms with Crippen LogP contribution in [0.2, 0.25) is 0 Å². The molecule has 1 aromatic rings. The summed E-state index contributed by atoms with van der Waals surface area (Å²) in [5, 5.41) is 15.8. The van der Waals surface area contributed by atoms with Gasteiger partial charge in [-0.1, -0.05) is 55.5 Å². The van der Waals surface area contributed by atoms with Crippen molar-refractivity contribution < 1.29 is 33.5 Å². The van der Waals surface area contributed by atoms with Gasteiger partial charge in [0.2, 0.25) is 5.72 Å². The average molecular weight is 566 g/mol. The third-order valence-electron chi connectivity index (χ3n) is 9.03. The molecule has 9 heteroatoms. The number of benzene rings is 1. The Labute approximate surface area is 242 Å². The molecule has 0 amide bonds. The summed E-state index contributed by atoms with van der Waals surface area (Å²) < 4.78 is 21.8. The molecule has 7 atom stereocenters. The Hall–Kier alpha value is -3.17. The van der Waals surface area contributed by atoms with E-state index in [1.165, 1.54) is 0 Å². The number of esters is 1. The molecule has 6 rings (SSSR count). The lowest BCUT2D eigenvalue weighted by Gasteiger charge is -2.50. The molecule has 5 heterocycles. The molecule has 0 aliphatic carbocycles. The fourth-order valence-corrected chi connectivity index (χ4v) is 7.36. The third-order valence-corrected chi connectivity index (χ3v) is 9.03. The first kappa shape index (κ1) is 29.3. The van der Waals surface area contributed by atoms with Gasteiger partial charge in [-0.15, -0.1) is 0 Å². The highest BCUT2D eigenvalue weighted by atomic mass is 16.6. The average Bonchev–Trinajstić information content (AvgIpc) is 3.26. The Kier molecular flexibility index (Phi) is 9.14. The van der Waals surface area contributed by atoms with E-state index in [4.69, 9.17) is 24.1 Å². The van der Waals surface area contributed by atoms with Gasteiger partial charge in [0.1, 0.15) is 6.61 Å². The fourth-order valence-electron chi connectivity index (χ4n) is 7.36. The number of nitrogens with one attached hydrogen (secondary N) is 2. The third kappa shape index (κ3) is 6.21. The molecule has 2 spiro atoms. The summed E-state index contributed by atoms with van der Waals surface area (Å²) >= 11 is 0. The molecule has 0 aromatic heterocycles. The van der Waals surface area contributed by atoms with E-state index < -0.39 is 17.9 Å². The summed E-state index contributed by atoms with van der Waals surface area (Å²) in [7, 11) is 0. The normalized spacial score (nSPS) is 35.6. The lowest BCUT2D eigenvalue weighted by Crippen LogP contribution is -2.76. The molecule has 0 saturated carbocycles. The minimum Gasteiger partial charge on any atom is -0.554 e. The molecule has 1 aromatic carbocycles. The number of rotatable bonds is 5. The second-order valence-corrected chi connectivity index (χ2v) is 11.8. The second-order valence-electron chi connectivity index (χ2n) is 11.8. The molecule has 9 nitrogen and oxygen atoms in total. The summed E-state index contributed by atoms with van der Waals surface area (Å²) in [6.07, 6.45) is 17.2. The molecule has 0 bridgehead atoms. The first-order valence-electron chi connectivity index (χ1n) is 15.1. The Balaban J connectivity index is 0.00000108. The molecule has 5 aliphatic rings. The molecule has 2 fully saturated rings. The SMILES string of the molecule is CC[C@H]1C=CCC[C@@]2(C[C@@H]3CC[C@@H]4[C@H](C(=O)OC/C=C/c5ccccc5)[C@]5(CCC[C@@H](C)O5)NC(=[N+]34)N2)O1.O=C[O-]. The Morgan fingerprint density at radius 1 is 1.17 bits per heavy atom. The van der Waals surface area contributed by atoms with Crippen molar-refractivity contribution in [3.63, 3.8) is 0 Å². The van der Waals surface area contributed by atoms with E-state index in [1.54, 1.807) is 0 Å². The summed E-state index contributed by atoms with van der Waals surface area (Å²) in [5.74, 6) is 0.415. The second kappa shape index (κ2) is 12.8. The molecule has 0 unspecified atom stereocenters. The van der Waals surface area contributed by atoms with E-state index in [0.717, 1.165) is 69.3 Å². The van der Waals surface area contributed by atoms with E-state index >= 15 is 0 Å². The van der Waals surface area contributed by atoms with Crippen molar-refractivity contribution >= 4 is 24.5 Å². The highest BCUT2D eigenvalue weighted by Crippen LogP contribution is 2.45. The zero-order valence-corrected chi connectivity index (χ0v) is 24.1. The Bertz CT molecular complexity index is 1170. The lowest BCUT2D eigenvalue weighted by atomic mass is 9.80. The number of carbonyl (C=O) groups excluding carboxylic acids is 2. The van der Waals surface area contributed by atoms with Crippen molar-refractivity contribution in [2.45, 2.75) is 107 Å². The maximum absolute atomic E-state index is 13.8. The fraction of sp³-hybridized carbons (Fsp3) is 0.594. The van der Waals surface area contributed by atoms with Gasteiger partial charge < -0.3 is 24.1 Å². The van der Waals surface area contributed by atoms with Gasteiger partial charge in [-0.3, -0.25) is 9.37 Å². The van der Waals surface area contributed by atoms with Crippen molar-refractivity contribution in [2.24, 2.45) is 5.92 Å². The van der Waals surface area contributed by atoms with E-state index in [2.05, 4.69) is 41.2 Å². The number of guanidine groups is 1. The molecular weight excluding hydrogens is 522 g/mol. The van der Waals surface area contributed by atoms with E-state index in [0.29, 0.717) is 6.04 Å². The van der Waals surface area contributed by atoms with Crippen LogP contribution in [-0.4, -0.2) is 65.3 Å². The summed E-state index contributed by atoms with van der Waals surface area (Å²) in [6, 6.07) is 10.5. The molecule has 0 radical (unpaired) electrons. The van der Waals surface area contributed by atoms with E-state index in [-0.39, 0.29) is 36.7 Å². The number of allylic oxidation sites excluding steroid dienone is 1. The van der Waals surface area contributed by atoms with Gasteiger partial charge in [0.25, 0.3) is 0 Å². The van der Waals surface area contributed by atoms with Gasteiger partial charge >= 0.3 is 11.9 Å². The molecule has 41 heavy (non-hydrogen) atoms. The standard InChI is InChI=1S/C31H41N3O4.CH2O2/c1-3-25-15-7-8-18-30(38-25)21-24-16-17-26-27(28(35)36-20-10-14-23-12-5-4-6-13-23)31(19-9-11-22(2)37-31)33-29(32-30)34(24)26;2-1-3/h4-7,10,12-15,22,24-27H,3,8-9,11,16-21H2,1-2H3,(H,32,33);1H,(H,2,3)/b14-10+;/t22-,24+,25+,26-,27-,30+,31-;/m1./s1. The maximum Gasteiger partial charge on any atom is 0.350 e. The van der Waals surface area contributed by atoms with Crippen LogP contribution in [0.4, 0.5) is 0 Å². The lowest BCUT2D eigenvalue weighted by molar-refractivity contribution is -0.609. The van der Waals surface area contributed by atoms with Crippen molar-refractivity contribution in [2.75, 3.05) is 6.61 Å². The van der Waals surface area contributed by atoms with Crippen LogP contribution in [0.25, 0.3) is 6.08 Å². The van der Waals surface area contributed by atoms with Gasteiger partial charge in [-0.05, 0) is 57.1 Å². The monoisotopic (exact) mass is 565 g/mol.